The molecule has 190 valence electrons. The lowest BCUT2D eigenvalue weighted by Crippen LogP contribution is -2.30. The predicted molar refractivity (Wildman–Crippen MR) is 147 cm³/mol. The largest absolute Gasteiger partial charge is 0.490 e. The predicted octanol–water partition coefficient (Wildman–Crippen LogP) is 5.72. The number of carbonyl (C=O) groups excluding carboxylic acids is 3. The van der Waals surface area contributed by atoms with Gasteiger partial charge in [-0.25, -0.2) is 4.79 Å². The Labute approximate surface area is 230 Å². The van der Waals surface area contributed by atoms with Crippen LogP contribution in [0.4, 0.5) is 10.5 Å². The number of benzene rings is 3. The minimum atomic E-state index is -0.493. The Morgan fingerprint density at radius 1 is 1.03 bits per heavy atom. The fraction of sp³-hybridized carbons (Fsp3) is 0.148. The van der Waals surface area contributed by atoms with Crippen molar-refractivity contribution in [1.82, 2.24) is 10.2 Å². The third-order valence-corrected chi connectivity index (χ3v) is 6.38. The van der Waals surface area contributed by atoms with Gasteiger partial charge in [-0.15, -0.1) is 0 Å². The monoisotopic (exact) mass is 627 g/mol. The van der Waals surface area contributed by atoms with Gasteiger partial charge in [0.2, 0.25) is 0 Å². The molecule has 3 aromatic carbocycles. The van der Waals surface area contributed by atoms with Crippen molar-refractivity contribution in [2.75, 3.05) is 18.5 Å². The van der Waals surface area contributed by atoms with Gasteiger partial charge in [0, 0.05) is 10.2 Å². The molecule has 0 atom stereocenters. The third kappa shape index (κ3) is 6.78. The van der Waals surface area contributed by atoms with E-state index in [4.69, 9.17) is 9.47 Å². The molecule has 4 amide bonds. The summed E-state index contributed by atoms with van der Waals surface area (Å²) >= 11 is 6.85. The highest BCUT2D eigenvalue weighted by Crippen LogP contribution is 2.37. The van der Waals surface area contributed by atoms with Crippen molar-refractivity contribution in [3.8, 4) is 11.5 Å². The smallest absolute Gasteiger partial charge is 0.329 e. The Balaban J connectivity index is 1.49. The number of urea groups is 1. The van der Waals surface area contributed by atoms with Gasteiger partial charge in [-0.1, -0.05) is 46.3 Å². The van der Waals surface area contributed by atoms with E-state index in [1.807, 2.05) is 49.4 Å². The number of hydrogen-bond acceptors (Lipinski definition) is 5. The SMILES string of the molecule is CCOc1cc(/C=C2/NC(=O)N(Cc3ccc(Br)cc3)C2=O)cc(Br)c1OCC(=O)Nc1ccccc1. The number of halogens is 2. The minimum Gasteiger partial charge on any atom is -0.490 e. The van der Waals surface area contributed by atoms with Crippen molar-refractivity contribution in [2.24, 2.45) is 0 Å². The van der Waals surface area contributed by atoms with Crippen molar-refractivity contribution >= 4 is 61.5 Å². The van der Waals surface area contributed by atoms with Gasteiger partial charge in [-0.3, -0.25) is 14.5 Å². The van der Waals surface area contributed by atoms with E-state index < -0.39 is 11.9 Å². The van der Waals surface area contributed by atoms with E-state index in [0.717, 1.165) is 14.9 Å². The van der Waals surface area contributed by atoms with E-state index in [-0.39, 0.29) is 24.8 Å². The van der Waals surface area contributed by atoms with Crippen molar-refractivity contribution < 1.29 is 23.9 Å². The second-order valence-electron chi connectivity index (χ2n) is 7.97. The summed E-state index contributed by atoms with van der Waals surface area (Å²) in [7, 11) is 0. The first kappa shape index (κ1) is 26.4. The molecule has 1 aliphatic rings. The van der Waals surface area contributed by atoms with Crippen LogP contribution < -0.4 is 20.1 Å². The summed E-state index contributed by atoms with van der Waals surface area (Å²) in [6.45, 7) is 2.11. The molecule has 0 aromatic heterocycles. The maximum atomic E-state index is 12.9. The number of carbonyl (C=O) groups is 3. The molecule has 1 heterocycles. The summed E-state index contributed by atoms with van der Waals surface area (Å²) in [5, 5.41) is 5.39. The normalized spacial score (nSPS) is 14.0. The molecule has 0 bridgehead atoms. The average Bonchev–Trinajstić information content (AvgIpc) is 3.13. The first-order chi connectivity index (χ1) is 17.8. The molecular formula is C27H23Br2N3O5. The molecule has 8 nitrogen and oxygen atoms in total. The van der Waals surface area contributed by atoms with E-state index in [9.17, 15) is 14.4 Å². The Bertz CT molecular complexity index is 1340. The Morgan fingerprint density at radius 3 is 2.46 bits per heavy atom. The van der Waals surface area contributed by atoms with Crippen molar-refractivity contribution in [1.29, 1.82) is 0 Å². The topological polar surface area (TPSA) is 97.0 Å². The summed E-state index contributed by atoms with van der Waals surface area (Å²) < 4.78 is 12.9. The zero-order chi connectivity index (χ0) is 26.4. The maximum absolute atomic E-state index is 12.9. The quantitative estimate of drug-likeness (QED) is 0.233. The molecule has 0 radical (unpaired) electrons. The number of para-hydroxylation sites is 1. The van der Waals surface area contributed by atoms with Gasteiger partial charge < -0.3 is 20.1 Å². The number of ether oxygens (including phenoxy) is 2. The fourth-order valence-electron chi connectivity index (χ4n) is 3.58. The zero-order valence-corrected chi connectivity index (χ0v) is 23.0. The number of imide groups is 1. The van der Waals surface area contributed by atoms with Gasteiger partial charge >= 0.3 is 6.03 Å². The Kier molecular flexibility index (Phi) is 8.62. The molecule has 4 rings (SSSR count). The highest BCUT2D eigenvalue weighted by atomic mass is 79.9. The van der Waals surface area contributed by atoms with Crippen molar-refractivity contribution in [3.63, 3.8) is 0 Å². The average molecular weight is 629 g/mol. The molecule has 0 spiro atoms. The van der Waals surface area contributed by atoms with Crippen LogP contribution in [0.2, 0.25) is 0 Å². The van der Waals surface area contributed by atoms with E-state index in [1.54, 1.807) is 30.3 Å². The lowest BCUT2D eigenvalue weighted by Gasteiger charge is -2.15. The van der Waals surface area contributed by atoms with Crippen LogP contribution in [-0.4, -0.2) is 36.0 Å². The van der Waals surface area contributed by atoms with Crippen LogP contribution in [0.25, 0.3) is 6.08 Å². The van der Waals surface area contributed by atoms with Gasteiger partial charge in [0.05, 0.1) is 17.6 Å². The van der Waals surface area contributed by atoms with Crippen LogP contribution >= 0.6 is 31.9 Å². The molecule has 37 heavy (non-hydrogen) atoms. The van der Waals surface area contributed by atoms with Gasteiger partial charge in [-0.05, 0) is 76.5 Å². The van der Waals surface area contributed by atoms with Crippen molar-refractivity contribution in [2.45, 2.75) is 13.5 Å². The molecule has 2 N–H and O–H groups in total. The highest BCUT2D eigenvalue weighted by Gasteiger charge is 2.33. The van der Waals surface area contributed by atoms with Crippen LogP contribution in [0.5, 0.6) is 11.5 Å². The molecular weight excluding hydrogens is 606 g/mol. The van der Waals surface area contributed by atoms with Gasteiger partial charge in [0.25, 0.3) is 11.8 Å². The first-order valence-electron chi connectivity index (χ1n) is 11.4. The second kappa shape index (κ2) is 12.1. The number of amides is 4. The number of rotatable bonds is 9. The van der Waals surface area contributed by atoms with E-state index in [2.05, 4.69) is 42.5 Å². The summed E-state index contributed by atoms with van der Waals surface area (Å²) in [6, 6.07) is 19.4. The van der Waals surface area contributed by atoms with Crippen LogP contribution in [-0.2, 0) is 16.1 Å². The lowest BCUT2D eigenvalue weighted by molar-refractivity contribution is -0.123. The molecule has 0 aliphatic carbocycles. The standard InChI is InChI=1S/C27H23Br2N3O5/c1-2-36-23-14-18(12-21(29)25(23)37-16-24(33)30-20-6-4-3-5-7-20)13-22-26(34)32(27(35)31-22)15-17-8-10-19(28)11-9-17/h3-14H,2,15-16H2,1H3,(H,30,33)(H,31,35)/b22-13+. The summed E-state index contributed by atoms with van der Waals surface area (Å²) in [5.41, 5.74) is 2.24. The van der Waals surface area contributed by atoms with Crippen LogP contribution in [0.3, 0.4) is 0 Å². The second-order valence-corrected chi connectivity index (χ2v) is 9.74. The third-order valence-electron chi connectivity index (χ3n) is 5.26. The van der Waals surface area contributed by atoms with Crippen LogP contribution in [0, 0.1) is 0 Å². The molecule has 0 saturated carbocycles. The van der Waals surface area contributed by atoms with Gasteiger partial charge in [-0.2, -0.15) is 0 Å². The lowest BCUT2D eigenvalue weighted by atomic mass is 10.1. The molecule has 1 aliphatic heterocycles. The van der Waals surface area contributed by atoms with Crippen LogP contribution in [0.15, 0.2) is 81.4 Å². The summed E-state index contributed by atoms with van der Waals surface area (Å²) in [4.78, 5) is 38.9. The highest BCUT2D eigenvalue weighted by molar-refractivity contribution is 9.10. The van der Waals surface area contributed by atoms with Crippen molar-refractivity contribution in [3.05, 3.63) is 92.5 Å². The van der Waals surface area contributed by atoms with Gasteiger partial charge in [0.1, 0.15) is 5.70 Å². The molecule has 0 unspecified atom stereocenters. The Morgan fingerprint density at radius 2 is 1.76 bits per heavy atom. The minimum absolute atomic E-state index is 0.146. The first-order valence-corrected chi connectivity index (χ1v) is 13.0. The van der Waals surface area contributed by atoms with Crippen LogP contribution in [0.1, 0.15) is 18.1 Å². The van der Waals surface area contributed by atoms with E-state index in [1.165, 1.54) is 0 Å². The molecule has 3 aromatic rings. The number of anilines is 1. The molecule has 10 heteroatoms. The molecule has 1 fully saturated rings. The van der Waals surface area contributed by atoms with E-state index >= 15 is 0 Å². The number of nitrogens with zero attached hydrogens (tertiary/aromatic N) is 1. The summed E-state index contributed by atoms with van der Waals surface area (Å²) in [6.07, 6.45) is 1.57. The number of nitrogens with one attached hydrogen (secondary N) is 2. The van der Waals surface area contributed by atoms with Gasteiger partial charge in [0.15, 0.2) is 18.1 Å². The Hall–Kier alpha value is -3.63. The zero-order valence-electron chi connectivity index (χ0n) is 19.8. The summed E-state index contributed by atoms with van der Waals surface area (Å²) in [5.74, 6) is -0.0117. The molecule has 1 saturated heterocycles. The fourth-order valence-corrected chi connectivity index (χ4v) is 4.42. The number of hydrogen-bond donors (Lipinski definition) is 2. The maximum Gasteiger partial charge on any atom is 0.329 e. The van der Waals surface area contributed by atoms with E-state index in [0.29, 0.717) is 33.8 Å².